The first-order valence-electron chi connectivity index (χ1n) is 10.6. The molecule has 9 heteroatoms. The van der Waals surface area contributed by atoms with Crippen LogP contribution < -0.4 is 20.1 Å². The fourth-order valence-corrected chi connectivity index (χ4v) is 4.03. The lowest BCUT2D eigenvalue weighted by atomic mass is 9.84. The molecule has 2 heterocycles. The minimum absolute atomic E-state index is 0.0401. The zero-order valence-electron chi connectivity index (χ0n) is 19.0. The fraction of sp³-hybridized carbons (Fsp3) is 0.375. The topological polar surface area (TPSA) is 97.0 Å². The van der Waals surface area contributed by atoms with Crippen LogP contribution in [0.2, 0.25) is 5.02 Å². The first-order chi connectivity index (χ1) is 15.5. The number of benzene rings is 2. The van der Waals surface area contributed by atoms with Gasteiger partial charge in [0.2, 0.25) is 5.91 Å². The van der Waals surface area contributed by atoms with Crippen molar-refractivity contribution in [2.24, 2.45) is 0 Å². The summed E-state index contributed by atoms with van der Waals surface area (Å²) < 4.78 is 11.0. The third-order valence-corrected chi connectivity index (χ3v) is 6.12. The number of rotatable bonds is 4. The molecular formula is C24H26ClN3O5. The van der Waals surface area contributed by atoms with E-state index in [9.17, 15) is 14.4 Å². The molecule has 1 saturated heterocycles. The summed E-state index contributed by atoms with van der Waals surface area (Å²) in [7, 11) is 0. The van der Waals surface area contributed by atoms with Gasteiger partial charge in [-0.25, -0.2) is 4.79 Å². The van der Waals surface area contributed by atoms with Crippen LogP contribution >= 0.6 is 11.6 Å². The number of hydrogen-bond donors (Lipinski definition) is 2. The highest BCUT2D eigenvalue weighted by Gasteiger charge is 2.49. The average Bonchev–Trinajstić information content (AvgIpc) is 2.97. The number of imide groups is 1. The Labute approximate surface area is 197 Å². The van der Waals surface area contributed by atoms with E-state index in [0.29, 0.717) is 36.0 Å². The molecule has 2 N–H and O–H groups in total. The summed E-state index contributed by atoms with van der Waals surface area (Å²) in [4.78, 5) is 39.3. The molecule has 0 aromatic heterocycles. The highest BCUT2D eigenvalue weighted by atomic mass is 35.5. The number of nitrogens with one attached hydrogen (secondary N) is 2. The van der Waals surface area contributed by atoms with E-state index in [0.717, 1.165) is 10.5 Å². The largest absolute Gasteiger partial charge is 0.486 e. The molecule has 4 rings (SSSR count). The molecule has 0 bridgehead atoms. The number of hydrogen-bond acceptors (Lipinski definition) is 5. The van der Waals surface area contributed by atoms with Crippen molar-refractivity contribution in [3.8, 4) is 11.5 Å². The second-order valence-electron chi connectivity index (χ2n) is 9.30. The number of fused-ring (bicyclic) bond motifs is 1. The molecule has 1 atom stereocenters. The van der Waals surface area contributed by atoms with Crippen molar-refractivity contribution in [3.63, 3.8) is 0 Å². The lowest BCUT2D eigenvalue weighted by Gasteiger charge is -2.24. The Morgan fingerprint density at radius 3 is 2.33 bits per heavy atom. The molecule has 0 saturated carbocycles. The highest BCUT2D eigenvalue weighted by Crippen LogP contribution is 2.38. The lowest BCUT2D eigenvalue weighted by molar-refractivity contribution is -0.133. The Bertz CT molecular complexity index is 1130. The molecule has 1 unspecified atom stereocenters. The second-order valence-corrected chi connectivity index (χ2v) is 9.70. The number of carbonyl (C=O) groups is 3. The number of urea groups is 1. The minimum Gasteiger partial charge on any atom is -0.486 e. The summed E-state index contributed by atoms with van der Waals surface area (Å²) in [6, 6.07) is 10.0. The summed E-state index contributed by atoms with van der Waals surface area (Å²) in [5.41, 5.74) is 0.758. The third kappa shape index (κ3) is 4.35. The molecule has 174 valence electrons. The van der Waals surface area contributed by atoms with Gasteiger partial charge in [0.25, 0.3) is 5.91 Å². The van der Waals surface area contributed by atoms with E-state index in [4.69, 9.17) is 21.1 Å². The van der Waals surface area contributed by atoms with Crippen LogP contribution in [-0.4, -0.2) is 42.5 Å². The van der Waals surface area contributed by atoms with Crippen molar-refractivity contribution < 1.29 is 23.9 Å². The predicted octanol–water partition coefficient (Wildman–Crippen LogP) is 3.81. The van der Waals surface area contributed by atoms with E-state index in [2.05, 4.69) is 31.4 Å². The Kier molecular flexibility index (Phi) is 5.74. The first kappa shape index (κ1) is 22.9. The Hall–Kier alpha value is -3.26. The van der Waals surface area contributed by atoms with Crippen LogP contribution in [0.3, 0.4) is 0 Å². The van der Waals surface area contributed by atoms with E-state index in [1.807, 2.05) is 24.3 Å². The van der Waals surface area contributed by atoms with Crippen molar-refractivity contribution in [1.82, 2.24) is 10.2 Å². The van der Waals surface area contributed by atoms with Crippen LogP contribution in [0.15, 0.2) is 36.4 Å². The molecule has 4 amide bonds. The Morgan fingerprint density at radius 2 is 1.73 bits per heavy atom. The maximum absolute atomic E-state index is 13.2. The van der Waals surface area contributed by atoms with Gasteiger partial charge in [0.15, 0.2) is 11.5 Å². The summed E-state index contributed by atoms with van der Waals surface area (Å²) in [6.07, 6.45) is 0. The minimum atomic E-state index is -1.26. The number of anilines is 1. The standard InChI is InChI=1S/C24H26ClN3O5/c1-23(2,3)14-5-7-15(8-6-14)24(4)21(30)28(22(31)27-24)13-20(29)26-17-12-19-18(11-16(17)25)32-9-10-33-19/h5-8,11-12H,9-10,13H2,1-4H3,(H,26,29)(H,27,31). The number of halogens is 1. The normalized spacial score (nSPS) is 20.0. The molecule has 2 aromatic carbocycles. The van der Waals surface area contributed by atoms with Gasteiger partial charge >= 0.3 is 6.03 Å². The highest BCUT2D eigenvalue weighted by molar-refractivity contribution is 6.34. The maximum atomic E-state index is 13.2. The summed E-state index contributed by atoms with van der Waals surface area (Å²) in [5.74, 6) is -0.113. The van der Waals surface area contributed by atoms with Gasteiger partial charge in [0.1, 0.15) is 25.3 Å². The second kappa shape index (κ2) is 8.26. The molecule has 0 aliphatic carbocycles. The van der Waals surface area contributed by atoms with Crippen LogP contribution in [0.25, 0.3) is 0 Å². The number of amides is 4. The van der Waals surface area contributed by atoms with E-state index in [1.165, 1.54) is 0 Å². The van der Waals surface area contributed by atoms with Gasteiger partial charge in [-0.15, -0.1) is 0 Å². The molecule has 0 radical (unpaired) electrons. The van der Waals surface area contributed by atoms with Gasteiger partial charge in [-0.3, -0.25) is 14.5 Å². The van der Waals surface area contributed by atoms with E-state index < -0.39 is 29.9 Å². The molecule has 1 fully saturated rings. The Balaban J connectivity index is 1.48. The molecule has 0 spiro atoms. The average molecular weight is 472 g/mol. The van der Waals surface area contributed by atoms with Gasteiger partial charge in [-0.1, -0.05) is 56.6 Å². The van der Waals surface area contributed by atoms with Crippen LogP contribution in [0.5, 0.6) is 11.5 Å². The number of ether oxygens (including phenoxy) is 2. The third-order valence-electron chi connectivity index (χ3n) is 5.81. The molecule has 2 aromatic rings. The number of nitrogens with zero attached hydrogens (tertiary/aromatic N) is 1. The van der Waals surface area contributed by atoms with Crippen molar-refractivity contribution in [2.75, 3.05) is 25.1 Å². The molecule has 8 nitrogen and oxygen atoms in total. The van der Waals surface area contributed by atoms with Crippen molar-refractivity contribution >= 4 is 35.1 Å². The maximum Gasteiger partial charge on any atom is 0.325 e. The van der Waals surface area contributed by atoms with Gasteiger partial charge in [-0.2, -0.15) is 0 Å². The molecule has 2 aliphatic rings. The van der Waals surface area contributed by atoms with Gasteiger partial charge in [-0.05, 0) is 23.5 Å². The summed E-state index contributed by atoms with van der Waals surface area (Å²) in [5, 5.41) is 5.62. The van der Waals surface area contributed by atoms with Crippen LogP contribution in [-0.2, 0) is 20.5 Å². The summed E-state index contributed by atoms with van der Waals surface area (Å²) in [6.45, 7) is 8.28. The smallest absolute Gasteiger partial charge is 0.325 e. The quantitative estimate of drug-likeness (QED) is 0.661. The van der Waals surface area contributed by atoms with Gasteiger partial charge in [0.05, 0.1) is 10.7 Å². The molecule has 33 heavy (non-hydrogen) atoms. The lowest BCUT2D eigenvalue weighted by Crippen LogP contribution is -2.42. The van der Waals surface area contributed by atoms with Gasteiger partial charge in [0, 0.05) is 12.1 Å². The number of carbonyl (C=O) groups excluding carboxylic acids is 3. The molecular weight excluding hydrogens is 446 g/mol. The fourth-order valence-electron chi connectivity index (χ4n) is 3.83. The van der Waals surface area contributed by atoms with Gasteiger partial charge < -0.3 is 20.1 Å². The van der Waals surface area contributed by atoms with Crippen LogP contribution in [0.1, 0.15) is 38.8 Å². The van der Waals surface area contributed by atoms with Crippen LogP contribution in [0.4, 0.5) is 10.5 Å². The van der Waals surface area contributed by atoms with Crippen LogP contribution in [0, 0.1) is 0 Å². The summed E-state index contributed by atoms with van der Waals surface area (Å²) >= 11 is 6.24. The SMILES string of the molecule is CC(C)(C)c1ccc(C2(C)NC(=O)N(CC(=O)Nc3cc4c(cc3Cl)OCCO4)C2=O)cc1. The predicted molar refractivity (Wildman–Crippen MR) is 124 cm³/mol. The van der Waals surface area contributed by atoms with E-state index in [-0.39, 0.29) is 10.4 Å². The first-order valence-corrected chi connectivity index (χ1v) is 11.0. The molecule has 2 aliphatic heterocycles. The van der Waals surface area contributed by atoms with Crippen molar-refractivity contribution in [3.05, 3.63) is 52.5 Å². The monoisotopic (exact) mass is 471 g/mol. The zero-order valence-corrected chi connectivity index (χ0v) is 19.7. The van der Waals surface area contributed by atoms with E-state index in [1.54, 1.807) is 19.1 Å². The van der Waals surface area contributed by atoms with E-state index >= 15 is 0 Å². The van der Waals surface area contributed by atoms with Crippen molar-refractivity contribution in [2.45, 2.75) is 38.6 Å². The Morgan fingerprint density at radius 1 is 1.12 bits per heavy atom. The zero-order chi connectivity index (χ0) is 24.0. The van der Waals surface area contributed by atoms with Crippen molar-refractivity contribution in [1.29, 1.82) is 0 Å².